The van der Waals surface area contributed by atoms with E-state index >= 15 is 0 Å². The first-order valence-electron chi connectivity index (χ1n) is 7.10. The van der Waals surface area contributed by atoms with E-state index in [1.807, 2.05) is 0 Å². The van der Waals surface area contributed by atoms with Gasteiger partial charge in [-0.2, -0.15) is 0 Å². The summed E-state index contributed by atoms with van der Waals surface area (Å²) < 4.78 is 10.6. The van der Waals surface area contributed by atoms with Gasteiger partial charge in [-0.05, 0) is 35.6 Å². The Kier molecular flexibility index (Phi) is 7.24. The molecule has 2 aromatic rings. The quantitative estimate of drug-likeness (QED) is 0.192. The Morgan fingerprint density at radius 1 is 1.15 bits per heavy atom. The summed E-state index contributed by atoms with van der Waals surface area (Å²) in [5.74, 6) is 0.932. The van der Waals surface area contributed by atoms with E-state index < -0.39 is 9.85 Å². The number of aromatic nitrogens is 1. The third kappa shape index (κ3) is 5.93. The number of benzene rings is 1. The van der Waals surface area contributed by atoms with Crippen molar-refractivity contribution in [2.45, 2.75) is 5.03 Å². The zero-order chi connectivity index (χ0) is 18.9. The third-order valence-electron chi connectivity index (χ3n) is 2.79. The predicted molar refractivity (Wildman–Crippen MR) is 98.0 cm³/mol. The molecule has 0 fully saturated rings. The first-order chi connectivity index (χ1) is 12.5. The smallest absolute Gasteiger partial charge is 0.302 e. The molecule has 1 heterocycles. The third-order valence-corrected chi connectivity index (χ3v) is 5.05. The monoisotopic (exact) mass is 395 g/mol. The van der Waals surface area contributed by atoms with Crippen LogP contribution in [0.5, 0.6) is 5.75 Å². The fourth-order valence-corrected chi connectivity index (χ4v) is 3.52. The van der Waals surface area contributed by atoms with E-state index in [-0.39, 0.29) is 23.9 Å². The summed E-state index contributed by atoms with van der Waals surface area (Å²) in [5, 5.41) is 21.8. The number of pyridine rings is 1. The van der Waals surface area contributed by atoms with E-state index in [4.69, 9.17) is 9.47 Å². The number of hydrogen-bond donors (Lipinski definition) is 0. The van der Waals surface area contributed by atoms with Crippen molar-refractivity contribution in [1.82, 2.24) is 4.98 Å². The maximum absolute atomic E-state index is 10.9. The molecule has 1 aromatic heterocycles. The van der Waals surface area contributed by atoms with Crippen molar-refractivity contribution in [3.8, 4) is 5.75 Å². The molecule has 0 aliphatic rings. The predicted octanol–water partition coefficient (Wildman–Crippen LogP) is 4.21. The molecule has 26 heavy (non-hydrogen) atoms. The number of nitrogens with zero attached hydrogens (tertiary/aromatic N) is 3. The van der Waals surface area contributed by atoms with Crippen LogP contribution < -0.4 is 4.74 Å². The lowest BCUT2D eigenvalue weighted by atomic mass is 10.3. The fraction of sp³-hybridized carbons (Fsp3) is 0.133. The second-order valence-corrected chi connectivity index (χ2v) is 6.97. The summed E-state index contributed by atoms with van der Waals surface area (Å²) in [6.45, 7) is 3.87. The number of rotatable bonds is 10. The van der Waals surface area contributed by atoms with Crippen LogP contribution in [-0.2, 0) is 4.74 Å². The molecule has 0 unspecified atom stereocenters. The highest BCUT2D eigenvalue weighted by molar-refractivity contribution is 8.76. The highest BCUT2D eigenvalue weighted by Crippen LogP contribution is 2.35. The summed E-state index contributed by atoms with van der Waals surface area (Å²) in [5.41, 5.74) is -0.0854. The van der Waals surface area contributed by atoms with E-state index in [0.717, 1.165) is 0 Å². The highest BCUT2D eigenvalue weighted by atomic mass is 33.1. The zero-order valence-corrected chi connectivity index (χ0v) is 14.9. The molecular formula is C15H13N3O6S2. The zero-order valence-electron chi connectivity index (χ0n) is 13.3. The van der Waals surface area contributed by atoms with E-state index in [0.29, 0.717) is 16.5 Å². The lowest BCUT2D eigenvalue weighted by molar-refractivity contribution is -0.388. The van der Waals surface area contributed by atoms with E-state index in [1.165, 1.54) is 64.2 Å². The van der Waals surface area contributed by atoms with Gasteiger partial charge in [-0.3, -0.25) is 20.2 Å². The van der Waals surface area contributed by atoms with Crippen LogP contribution in [0.3, 0.4) is 0 Å². The molecule has 9 nitrogen and oxygen atoms in total. The largest absolute Gasteiger partial charge is 0.465 e. The standard InChI is InChI=1S/C15H13N3O6S2/c1-11(24-13-6-4-12(5-7-13)17(19)20)23-9-10-25-26-15-14(18(21)22)3-2-8-16-15/h2-8H,1,9-10H2. The number of nitro groups is 2. The van der Waals surface area contributed by atoms with Crippen LogP contribution >= 0.6 is 21.6 Å². The van der Waals surface area contributed by atoms with Crippen molar-refractivity contribution >= 4 is 33.0 Å². The highest BCUT2D eigenvalue weighted by Gasteiger charge is 2.14. The van der Waals surface area contributed by atoms with Crippen molar-refractivity contribution in [3.63, 3.8) is 0 Å². The average molecular weight is 395 g/mol. The SMILES string of the molecule is C=C(OCCSSc1ncccc1[N+](=O)[O-])Oc1ccc([N+](=O)[O-])cc1. The lowest BCUT2D eigenvalue weighted by Gasteiger charge is -2.09. The van der Waals surface area contributed by atoms with Gasteiger partial charge in [-0.25, -0.2) is 4.98 Å². The molecule has 0 amide bonds. The Hall–Kier alpha value is -2.79. The second-order valence-electron chi connectivity index (χ2n) is 4.56. The minimum absolute atomic E-state index is 0.0408. The van der Waals surface area contributed by atoms with Crippen molar-refractivity contribution in [3.05, 3.63) is 75.3 Å². The normalized spacial score (nSPS) is 10.2. The summed E-state index contributed by atoms with van der Waals surface area (Å²) in [6.07, 6.45) is 1.49. The van der Waals surface area contributed by atoms with Crippen molar-refractivity contribution in [1.29, 1.82) is 0 Å². The molecule has 2 rings (SSSR count). The molecule has 136 valence electrons. The van der Waals surface area contributed by atoms with Gasteiger partial charge in [0.15, 0.2) is 5.03 Å². The molecule has 1 aromatic carbocycles. The molecule has 0 radical (unpaired) electrons. The van der Waals surface area contributed by atoms with Crippen molar-refractivity contribution in [2.24, 2.45) is 0 Å². The van der Waals surface area contributed by atoms with E-state index in [1.54, 1.807) is 0 Å². The van der Waals surface area contributed by atoms with Gasteiger partial charge in [0.25, 0.3) is 11.6 Å². The van der Waals surface area contributed by atoms with Gasteiger partial charge in [0.1, 0.15) is 12.4 Å². The van der Waals surface area contributed by atoms with Gasteiger partial charge in [0.05, 0.1) is 9.85 Å². The van der Waals surface area contributed by atoms with Crippen molar-refractivity contribution in [2.75, 3.05) is 12.4 Å². The maximum Gasteiger partial charge on any atom is 0.302 e. The number of non-ortho nitro benzene ring substituents is 1. The lowest BCUT2D eigenvalue weighted by Crippen LogP contribution is -2.02. The summed E-state index contributed by atoms with van der Waals surface area (Å²) >= 11 is 0. The van der Waals surface area contributed by atoms with Crippen LogP contribution in [0.1, 0.15) is 0 Å². The van der Waals surface area contributed by atoms with Crippen LogP contribution in [0.15, 0.2) is 60.1 Å². The Labute approximate surface area is 156 Å². The minimum atomic E-state index is -0.504. The molecular weight excluding hydrogens is 382 g/mol. The molecule has 11 heteroatoms. The Balaban J connectivity index is 1.70. The fourth-order valence-electron chi connectivity index (χ4n) is 1.67. The summed E-state index contributed by atoms with van der Waals surface area (Å²) in [6, 6.07) is 8.42. The molecule has 0 spiro atoms. The topological polar surface area (TPSA) is 118 Å². The first-order valence-corrected chi connectivity index (χ1v) is 9.42. The molecule has 0 saturated carbocycles. The van der Waals surface area contributed by atoms with E-state index in [2.05, 4.69) is 11.6 Å². The summed E-state index contributed by atoms with van der Waals surface area (Å²) in [7, 11) is 2.53. The van der Waals surface area contributed by atoms with Crippen LogP contribution in [0.4, 0.5) is 11.4 Å². The van der Waals surface area contributed by atoms with Crippen LogP contribution in [0.2, 0.25) is 0 Å². The van der Waals surface area contributed by atoms with Crippen LogP contribution in [-0.4, -0.2) is 27.2 Å². The van der Waals surface area contributed by atoms with E-state index in [9.17, 15) is 20.2 Å². The van der Waals surface area contributed by atoms with Crippen LogP contribution in [0, 0.1) is 20.2 Å². The molecule has 0 saturated heterocycles. The number of hydrogen-bond acceptors (Lipinski definition) is 9. The van der Waals surface area contributed by atoms with Crippen molar-refractivity contribution < 1.29 is 19.3 Å². The molecule has 0 aliphatic carbocycles. The summed E-state index contributed by atoms with van der Waals surface area (Å²) in [4.78, 5) is 24.5. The number of nitro benzene ring substituents is 1. The second kappa shape index (κ2) is 9.63. The first kappa shape index (κ1) is 19.5. The van der Waals surface area contributed by atoms with Crippen LogP contribution in [0.25, 0.3) is 0 Å². The van der Waals surface area contributed by atoms with Gasteiger partial charge in [0.2, 0.25) is 0 Å². The maximum atomic E-state index is 10.9. The molecule has 0 bridgehead atoms. The van der Waals surface area contributed by atoms with Gasteiger partial charge in [-0.15, -0.1) is 0 Å². The molecule has 0 aliphatic heterocycles. The van der Waals surface area contributed by atoms with Gasteiger partial charge < -0.3 is 9.47 Å². The Morgan fingerprint density at radius 3 is 2.54 bits per heavy atom. The Bertz CT molecular complexity index is 800. The molecule has 0 N–H and O–H groups in total. The molecule has 0 atom stereocenters. The Morgan fingerprint density at radius 2 is 1.88 bits per heavy atom. The van der Waals surface area contributed by atoms with Gasteiger partial charge in [-0.1, -0.05) is 10.8 Å². The van der Waals surface area contributed by atoms with Gasteiger partial charge in [0, 0.05) is 30.1 Å². The number of ether oxygens (including phenoxy) is 2. The van der Waals surface area contributed by atoms with Gasteiger partial charge >= 0.3 is 5.69 Å². The average Bonchev–Trinajstić information content (AvgIpc) is 2.62. The minimum Gasteiger partial charge on any atom is -0.465 e.